The number of Topliss-reactive ketones (excluding diaryl/α,β-unsaturated/α-hetero) is 1. The van der Waals surface area contributed by atoms with Crippen LogP contribution >= 0.6 is 12.4 Å². The van der Waals surface area contributed by atoms with Gasteiger partial charge < -0.3 is 4.90 Å². The molecular weight excluding hydrogens is 331 g/mol. The molecule has 2 saturated heterocycles. The van der Waals surface area contributed by atoms with Crippen molar-refractivity contribution in [1.29, 1.82) is 0 Å². The van der Waals surface area contributed by atoms with Crippen LogP contribution in [0.25, 0.3) is 0 Å². The Morgan fingerprint density at radius 2 is 1.96 bits per heavy atom. The second kappa shape index (κ2) is 6.45. The third-order valence-corrected chi connectivity index (χ3v) is 5.69. The number of halogens is 2. The molecule has 4 nitrogen and oxygen atoms in total. The van der Waals surface area contributed by atoms with Gasteiger partial charge in [0, 0.05) is 44.4 Å². The summed E-state index contributed by atoms with van der Waals surface area (Å²) in [6, 6.07) is 6.97. The molecule has 6 heteroatoms. The molecule has 4 rings (SSSR count). The minimum Gasteiger partial charge on any atom is -0.342 e. The number of nitrogens with zero attached hydrogens (tertiary/aromatic N) is 2. The van der Waals surface area contributed by atoms with Crippen LogP contribution in [-0.4, -0.2) is 48.2 Å². The first-order valence-corrected chi connectivity index (χ1v) is 8.29. The molecule has 0 spiro atoms. The Labute approximate surface area is 147 Å². The van der Waals surface area contributed by atoms with Gasteiger partial charge in [-0.3, -0.25) is 14.5 Å². The third-order valence-electron chi connectivity index (χ3n) is 5.69. The van der Waals surface area contributed by atoms with Crippen LogP contribution in [0, 0.1) is 23.6 Å². The van der Waals surface area contributed by atoms with Gasteiger partial charge in [-0.1, -0.05) is 12.1 Å². The van der Waals surface area contributed by atoms with Gasteiger partial charge in [-0.25, -0.2) is 4.39 Å². The van der Waals surface area contributed by atoms with Crippen LogP contribution < -0.4 is 0 Å². The van der Waals surface area contributed by atoms with E-state index in [1.54, 1.807) is 12.1 Å². The van der Waals surface area contributed by atoms with Gasteiger partial charge in [0.1, 0.15) is 11.6 Å². The van der Waals surface area contributed by atoms with Gasteiger partial charge in [0.25, 0.3) is 0 Å². The number of rotatable bonds is 2. The Balaban J connectivity index is 0.00000169. The number of carbonyl (C=O) groups is 2. The van der Waals surface area contributed by atoms with Crippen molar-refractivity contribution in [3.8, 4) is 0 Å². The number of likely N-dealkylation sites (tertiary alicyclic amines) is 2. The van der Waals surface area contributed by atoms with Crippen LogP contribution in [0.1, 0.15) is 24.4 Å². The van der Waals surface area contributed by atoms with Gasteiger partial charge >= 0.3 is 0 Å². The van der Waals surface area contributed by atoms with E-state index in [2.05, 4.69) is 11.9 Å². The van der Waals surface area contributed by atoms with E-state index >= 15 is 0 Å². The molecule has 1 aliphatic carbocycles. The smallest absolute Gasteiger partial charge is 0.226 e. The Morgan fingerprint density at radius 3 is 2.62 bits per heavy atom. The Kier molecular flexibility index (Phi) is 4.67. The lowest BCUT2D eigenvalue weighted by Gasteiger charge is -2.30. The molecule has 2 heterocycles. The van der Waals surface area contributed by atoms with Crippen LogP contribution in [0.3, 0.4) is 0 Å². The van der Waals surface area contributed by atoms with Gasteiger partial charge in [0.15, 0.2) is 0 Å². The molecule has 0 N–H and O–H groups in total. The molecule has 0 aromatic heterocycles. The molecule has 0 unspecified atom stereocenters. The monoisotopic (exact) mass is 352 g/mol. The predicted octanol–water partition coefficient (Wildman–Crippen LogP) is 2.29. The zero-order valence-electron chi connectivity index (χ0n) is 13.7. The number of amides is 1. The van der Waals surface area contributed by atoms with Crippen LogP contribution in [0.4, 0.5) is 4.39 Å². The van der Waals surface area contributed by atoms with Crippen molar-refractivity contribution in [2.45, 2.75) is 18.9 Å². The normalized spacial score (nSPS) is 30.0. The van der Waals surface area contributed by atoms with Crippen LogP contribution in [0.15, 0.2) is 24.3 Å². The first-order valence-electron chi connectivity index (χ1n) is 8.29. The zero-order valence-corrected chi connectivity index (χ0v) is 14.5. The van der Waals surface area contributed by atoms with E-state index in [-0.39, 0.29) is 41.9 Å². The average molecular weight is 353 g/mol. The van der Waals surface area contributed by atoms with Crippen molar-refractivity contribution in [3.63, 3.8) is 0 Å². The fraction of sp³-hybridized carbons (Fsp3) is 0.556. The van der Waals surface area contributed by atoms with E-state index in [1.807, 2.05) is 11.0 Å². The van der Waals surface area contributed by atoms with Crippen molar-refractivity contribution in [2.24, 2.45) is 17.8 Å². The van der Waals surface area contributed by atoms with Crippen molar-refractivity contribution >= 4 is 24.1 Å². The number of ketones is 1. The minimum absolute atomic E-state index is 0. The molecule has 0 bridgehead atoms. The molecule has 3 atom stereocenters. The maximum absolute atomic E-state index is 13.6. The van der Waals surface area contributed by atoms with Gasteiger partial charge in [0.2, 0.25) is 5.91 Å². The summed E-state index contributed by atoms with van der Waals surface area (Å²) in [6.45, 7) is 2.42. The maximum Gasteiger partial charge on any atom is 0.226 e. The van der Waals surface area contributed by atoms with E-state index in [0.717, 1.165) is 25.2 Å². The second-order valence-electron chi connectivity index (χ2n) is 7.25. The lowest BCUT2D eigenvalue weighted by Crippen LogP contribution is -2.42. The summed E-state index contributed by atoms with van der Waals surface area (Å²) in [7, 11) is 2.07. The van der Waals surface area contributed by atoms with Crippen molar-refractivity contribution in [1.82, 2.24) is 9.80 Å². The number of carbonyl (C=O) groups excluding carboxylic acids is 2. The van der Waals surface area contributed by atoms with Gasteiger partial charge in [0.05, 0.1) is 5.92 Å². The molecule has 130 valence electrons. The maximum atomic E-state index is 13.6. The second-order valence-corrected chi connectivity index (χ2v) is 7.25. The number of benzene rings is 1. The summed E-state index contributed by atoms with van der Waals surface area (Å²) < 4.78 is 13.6. The summed E-state index contributed by atoms with van der Waals surface area (Å²) in [5.74, 6) is 0.819. The highest BCUT2D eigenvalue weighted by Gasteiger charge is 2.48. The highest BCUT2D eigenvalue weighted by Crippen LogP contribution is 2.44. The largest absolute Gasteiger partial charge is 0.342 e. The highest BCUT2D eigenvalue weighted by atomic mass is 35.5. The van der Waals surface area contributed by atoms with Crippen LogP contribution in [0.2, 0.25) is 0 Å². The molecular formula is C18H22ClFN2O2. The Bertz CT molecular complexity index is 660. The molecule has 24 heavy (non-hydrogen) atoms. The lowest BCUT2D eigenvalue weighted by atomic mass is 9.83. The molecule has 1 amide bonds. The summed E-state index contributed by atoms with van der Waals surface area (Å²) in [5, 5.41) is 0. The number of fused-ring (bicyclic) bond motifs is 1. The first kappa shape index (κ1) is 17.4. The van der Waals surface area contributed by atoms with Crippen LogP contribution in [-0.2, 0) is 9.59 Å². The molecule has 3 fully saturated rings. The zero-order chi connectivity index (χ0) is 16.1. The molecule has 2 aliphatic heterocycles. The van der Waals surface area contributed by atoms with E-state index in [0.29, 0.717) is 24.7 Å². The van der Waals surface area contributed by atoms with Crippen molar-refractivity contribution in [3.05, 3.63) is 35.6 Å². The lowest BCUT2D eigenvalue weighted by molar-refractivity contribution is -0.144. The molecule has 1 aromatic carbocycles. The highest BCUT2D eigenvalue weighted by molar-refractivity contribution is 5.96. The summed E-state index contributed by atoms with van der Waals surface area (Å²) in [5.41, 5.74) is 0.994. The number of hydrogen-bond acceptors (Lipinski definition) is 3. The molecule has 0 radical (unpaired) electrons. The van der Waals surface area contributed by atoms with Gasteiger partial charge in [-0.2, -0.15) is 0 Å². The third kappa shape index (κ3) is 2.84. The summed E-state index contributed by atoms with van der Waals surface area (Å²) in [4.78, 5) is 27.8. The van der Waals surface area contributed by atoms with Crippen molar-refractivity contribution < 1.29 is 14.0 Å². The Morgan fingerprint density at radius 1 is 1.21 bits per heavy atom. The van der Waals surface area contributed by atoms with E-state index in [1.165, 1.54) is 6.07 Å². The number of hydrogen-bond donors (Lipinski definition) is 0. The fourth-order valence-electron chi connectivity index (χ4n) is 4.55. The Hall–Kier alpha value is -1.46. The minimum atomic E-state index is -0.210. The summed E-state index contributed by atoms with van der Waals surface area (Å²) in [6.07, 6.45) is 0.829. The quantitative estimate of drug-likeness (QED) is 0.820. The standard InChI is InChI=1S/C18H21FN2O2.ClH/c1-20-8-13-9-21(18(23)12-6-15(22)7-12)10-16(13)17(20)11-3-2-4-14(19)5-11;/h2-5,12-13,16-17H,6-10H2,1H3;1H/t13-,16+,17-;/m0./s1. The molecule has 1 saturated carbocycles. The average Bonchev–Trinajstić information content (AvgIpc) is 2.99. The van der Waals surface area contributed by atoms with E-state index in [4.69, 9.17) is 0 Å². The van der Waals surface area contributed by atoms with Crippen molar-refractivity contribution in [2.75, 3.05) is 26.7 Å². The van der Waals surface area contributed by atoms with Gasteiger partial charge in [-0.15, -0.1) is 12.4 Å². The fourth-order valence-corrected chi connectivity index (χ4v) is 4.55. The predicted molar refractivity (Wildman–Crippen MR) is 90.3 cm³/mol. The summed E-state index contributed by atoms with van der Waals surface area (Å²) >= 11 is 0. The van der Waals surface area contributed by atoms with Crippen LogP contribution in [0.5, 0.6) is 0 Å². The van der Waals surface area contributed by atoms with E-state index < -0.39 is 0 Å². The van der Waals surface area contributed by atoms with Gasteiger partial charge in [-0.05, 0) is 30.7 Å². The molecule has 3 aliphatic rings. The SMILES string of the molecule is CN1C[C@H]2CN(C(=O)C3CC(=O)C3)C[C@H]2[C@@H]1c1cccc(F)c1.Cl. The first-order chi connectivity index (χ1) is 11.0. The topological polar surface area (TPSA) is 40.6 Å². The molecule has 1 aromatic rings. The van der Waals surface area contributed by atoms with E-state index in [9.17, 15) is 14.0 Å².